The number of ether oxygens (including phenoxy) is 2. The van der Waals surface area contributed by atoms with Crippen molar-refractivity contribution in [2.75, 3.05) is 20.2 Å². The molecule has 0 radical (unpaired) electrons. The van der Waals surface area contributed by atoms with Crippen molar-refractivity contribution in [1.82, 2.24) is 9.21 Å². The van der Waals surface area contributed by atoms with Gasteiger partial charge in [0.25, 0.3) is 0 Å². The number of likely N-dealkylation sites (tertiary alicyclic amines) is 1. The third-order valence-electron chi connectivity index (χ3n) is 6.87. The van der Waals surface area contributed by atoms with Crippen molar-refractivity contribution in [3.63, 3.8) is 0 Å². The first-order valence-corrected chi connectivity index (χ1v) is 13.0. The second kappa shape index (κ2) is 9.57. The van der Waals surface area contributed by atoms with Gasteiger partial charge in [-0.2, -0.15) is 4.31 Å². The van der Waals surface area contributed by atoms with E-state index in [2.05, 4.69) is 0 Å². The molecule has 0 aliphatic carbocycles. The lowest BCUT2D eigenvalue weighted by Gasteiger charge is -2.48. The Morgan fingerprint density at radius 1 is 1.00 bits per heavy atom. The number of carbonyl (C=O) groups is 2. The Hall–Kier alpha value is -1.84. The number of amides is 1. The fourth-order valence-corrected chi connectivity index (χ4v) is 7.22. The first kappa shape index (κ1) is 23.3. The van der Waals surface area contributed by atoms with Crippen LogP contribution in [-0.2, 0) is 24.3 Å². The normalized spacial score (nSPS) is 27.1. The van der Waals surface area contributed by atoms with Crippen molar-refractivity contribution in [1.29, 1.82) is 0 Å². The molecule has 3 atom stereocenters. The maximum Gasteiger partial charge on any atom is 0.410 e. The highest BCUT2D eigenvalue weighted by molar-refractivity contribution is 7.89. The summed E-state index contributed by atoms with van der Waals surface area (Å²) in [7, 11) is -2.36. The Labute approximate surface area is 193 Å². The molecule has 1 amide bonds. The summed E-state index contributed by atoms with van der Waals surface area (Å²) in [6, 6.07) is 5.73. The number of nitrogens with zero attached hydrogens (tertiary/aromatic N) is 2. The summed E-state index contributed by atoms with van der Waals surface area (Å²) in [5.41, 5.74) is 0. The van der Waals surface area contributed by atoms with Crippen LogP contribution >= 0.6 is 11.6 Å². The molecule has 0 aromatic heterocycles. The molecule has 4 rings (SSSR count). The van der Waals surface area contributed by atoms with E-state index in [1.807, 2.05) is 0 Å². The number of piperidine rings is 3. The first-order chi connectivity index (χ1) is 15.3. The molecule has 0 N–H and O–H groups in total. The summed E-state index contributed by atoms with van der Waals surface area (Å²) in [5, 5.41) is 0.477. The van der Waals surface area contributed by atoms with E-state index in [9.17, 15) is 18.0 Å². The Morgan fingerprint density at radius 3 is 2.34 bits per heavy atom. The fourth-order valence-electron chi connectivity index (χ4n) is 5.17. The molecule has 10 heteroatoms. The lowest BCUT2D eigenvalue weighted by molar-refractivity contribution is -0.147. The number of hydrogen-bond acceptors (Lipinski definition) is 6. The summed E-state index contributed by atoms with van der Waals surface area (Å²) in [4.78, 5) is 26.4. The topological polar surface area (TPSA) is 93.2 Å². The van der Waals surface area contributed by atoms with Gasteiger partial charge in [-0.15, -0.1) is 0 Å². The van der Waals surface area contributed by atoms with Crippen LogP contribution in [0.2, 0.25) is 5.02 Å². The van der Waals surface area contributed by atoms with Crippen LogP contribution in [0.1, 0.15) is 44.9 Å². The first-order valence-electron chi connectivity index (χ1n) is 11.1. The van der Waals surface area contributed by atoms with Crippen molar-refractivity contribution in [3.8, 4) is 0 Å². The number of esters is 1. The molecular weight excluding hydrogens is 456 g/mol. The smallest absolute Gasteiger partial charge is 0.410 e. The van der Waals surface area contributed by atoms with E-state index in [-0.39, 0.29) is 28.9 Å². The molecule has 3 saturated heterocycles. The van der Waals surface area contributed by atoms with Gasteiger partial charge in [-0.05, 0) is 62.8 Å². The predicted molar refractivity (Wildman–Crippen MR) is 118 cm³/mol. The van der Waals surface area contributed by atoms with Crippen LogP contribution in [-0.4, -0.2) is 68.1 Å². The third-order valence-corrected chi connectivity index (χ3v) is 9.11. The standard InChI is InChI=1S/C22H29ClN2O6S/c1-30-21(26)15-11-13-24(14-12-15)22(27)31-20-10-7-17-3-2-4-19(20)25(17)32(28,29)18-8-5-16(23)6-9-18/h5-6,8-9,15,17,19-20H,2-4,7,10-14H2,1H3/t17?,19?,20-/m0/s1. The zero-order valence-corrected chi connectivity index (χ0v) is 19.7. The number of carbonyl (C=O) groups excluding carboxylic acids is 2. The predicted octanol–water partition coefficient (Wildman–Crippen LogP) is 3.44. The molecule has 2 unspecified atom stereocenters. The van der Waals surface area contributed by atoms with E-state index < -0.39 is 22.2 Å². The molecule has 2 bridgehead atoms. The molecule has 1 aromatic rings. The van der Waals surface area contributed by atoms with Crippen molar-refractivity contribution < 1.29 is 27.5 Å². The van der Waals surface area contributed by atoms with Crippen molar-refractivity contribution in [3.05, 3.63) is 29.3 Å². The van der Waals surface area contributed by atoms with Gasteiger partial charge in [-0.3, -0.25) is 4.79 Å². The average Bonchev–Trinajstić information content (AvgIpc) is 2.80. The van der Waals surface area contributed by atoms with Gasteiger partial charge in [-0.1, -0.05) is 18.0 Å². The fraction of sp³-hybridized carbons (Fsp3) is 0.636. The summed E-state index contributed by atoms with van der Waals surface area (Å²) in [5.74, 6) is -0.445. The molecule has 1 aromatic carbocycles. The number of fused-ring (bicyclic) bond motifs is 2. The van der Waals surface area contributed by atoms with E-state index >= 15 is 0 Å². The summed E-state index contributed by atoms with van der Waals surface area (Å²) in [6.07, 6.45) is 3.82. The molecule has 3 heterocycles. The summed E-state index contributed by atoms with van der Waals surface area (Å²) < 4.78 is 39.2. The minimum atomic E-state index is -3.73. The van der Waals surface area contributed by atoms with Gasteiger partial charge in [-0.25, -0.2) is 13.2 Å². The number of rotatable bonds is 4. The highest BCUT2D eigenvalue weighted by Gasteiger charge is 2.48. The molecule has 176 valence electrons. The van der Waals surface area contributed by atoms with Crippen LogP contribution in [0.5, 0.6) is 0 Å². The van der Waals surface area contributed by atoms with Crippen LogP contribution in [0.3, 0.4) is 0 Å². The zero-order valence-electron chi connectivity index (χ0n) is 18.1. The highest BCUT2D eigenvalue weighted by Crippen LogP contribution is 2.39. The molecule has 3 aliphatic rings. The van der Waals surface area contributed by atoms with Crippen LogP contribution in [0.15, 0.2) is 29.2 Å². The maximum absolute atomic E-state index is 13.5. The molecule has 32 heavy (non-hydrogen) atoms. The van der Waals surface area contributed by atoms with E-state index in [1.165, 1.54) is 19.2 Å². The molecule has 8 nitrogen and oxygen atoms in total. The van der Waals surface area contributed by atoms with Crippen LogP contribution in [0.25, 0.3) is 0 Å². The van der Waals surface area contributed by atoms with Gasteiger partial charge < -0.3 is 14.4 Å². The quantitative estimate of drug-likeness (QED) is 0.608. The second-order valence-electron chi connectivity index (χ2n) is 8.72. The Kier molecular flexibility index (Phi) is 6.97. The average molecular weight is 485 g/mol. The van der Waals surface area contributed by atoms with Crippen molar-refractivity contribution in [2.24, 2.45) is 5.92 Å². The van der Waals surface area contributed by atoms with Crippen LogP contribution in [0, 0.1) is 5.92 Å². The van der Waals surface area contributed by atoms with Crippen molar-refractivity contribution in [2.45, 2.75) is 68.0 Å². The monoisotopic (exact) mass is 484 g/mol. The number of hydrogen-bond donors (Lipinski definition) is 0. The van der Waals surface area contributed by atoms with Gasteiger partial charge in [0.15, 0.2) is 0 Å². The summed E-state index contributed by atoms with van der Waals surface area (Å²) >= 11 is 5.94. The van der Waals surface area contributed by atoms with Crippen LogP contribution < -0.4 is 0 Å². The molecule has 0 spiro atoms. The second-order valence-corrected chi connectivity index (χ2v) is 11.0. The number of methoxy groups -OCH3 is 1. The third kappa shape index (κ3) is 4.61. The van der Waals surface area contributed by atoms with Crippen LogP contribution in [0.4, 0.5) is 4.79 Å². The Bertz CT molecular complexity index is 946. The molecule has 3 fully saturated rings. The Morgan fingerprint density at radius 2 is 1.69 bits per heavy atom. The van der Waals surface area contributed by atoms with Gasteiger partial charge in [0.2, 0.25) is 10.0 Å². The van der Waals surface area contributed by atoms with E-state index in [0.29, 0.717) is 50.2 Å². The number of benzene rings is 1. The minimum Gasteiger partial charge on any atom is -0.469 e. The minimum absolute atomic E-state index is 0.0832. The molecule has 0 saturated carbocycles. The lowest BCUT2D eigenvalue weighted by atomic mass is 9.85. The Balaban J connectivity index is 1.46. The van der Waals surface area contributed by atoms with Crippen molar-refractivity contribution >= 4 is 33.7 Å². The zero-order chi connectivity index (χ0) is 22.9. The lowest BCUT2D eigenvalue weighted by Crippen LogP contribution is -2.59. The number of sulfonamides is 1. The van der Waals surface area contributed by atoms with Gasteiger partial charge in [0, 0.05) is 24.2 Å². The van der Waals surface area contributed by atoms with E-state index in [0.717, 1.165) is 12.8 Å². The largest absolute Gasteiger partial charge is 0.469 e. The maximum atomic E-state index is 13.5. The number of halogens is 1. The summed E-state index contributed by atoms with van der Waals surface area (Å²) in [6.45, 7) is 0.844. The SMILES string of the molecule is COC(=O)C1CCN(C(=O)O[C@H]2CCC3CCCC2N3S(=O)(=O)c2ccc(Cl)cc2)CC1. The molecule has 3 aliphatic heterocycles. The van der Waals surface area contributed by atoms with E-state index in [1.54, 1.807) is 21.3 Å². The molecular formula is C22H29ClN2O6S. The van der Waals surface area contributed by atoms with Gasteiger partial charge in [0.05, 0.1) is 24.0 Å². The van der Waals surface area contributed by atoms with E-state index in [4.69, 9.17) is 21.1 Å². The highest BCUT2D eigenvalue weighted by atomic mass is 35.5. The van der Waals surface area contributed by atoms with Gasteiger partial charge >= 0.3 is 12.1 Å². The van der Waals surface area contributed by atoms with Gasteiger partial charge in [0.1, 0.15) is 6.10 Å².